The molecular formula is C14H16O. The van der Waals surface area contributed by atoms with Crippen LogP contribution in [0.1, 0.15) is 24.8 Å². The molecule has 0 radical (unpaired) electrons. The van der Waals surface area contributed by atoms with Crippen molar-refractivity contribution in [1.82, 2.24) is 0 Å². The van der Waals surface area contributed by atoms with E-state index in [-0.39, 0.29) is 0 Å². The zero-order chi connectivity index (χ0) is 10.5. The number of aryl methyl sites for hydroxylation is 1. The number of hydrogen-bond donors (Lipinski definition) is 0. The average molecular weight is 200 g/mol. The van der Waals surface area contributed by atoms with Crippen molar-refractivity contribution in [3.63, 3.8) is 0 Å². The molecule has 15 heavy (non-hydrogen) atoms. The third kappa shape index (κ3) is 2.50. The molecule has 1 aromatic heterocycles. The van der Waals surface area contributed by atoms with E-state index in [2.05, 4.69) is 24.8 Å². The van der Waals surface area contributed by atoms with Gasteiger partial charge in [0.1, 0.15) is 5.58 Å². The summed E-state index contributed by atoms with van der Waals surface area (Å²) in [5, 5.41) is 1.19. The second-order valence-electron chi connectivity index (χ2n) is 3.83. The van der Waals surface area contributed by atoms with Crippen molar-refractivity contribution in [2.75, 3.05) is 0 Å². The molecule has 0 amide bonds. The molecule has 0 aliphatic carbocycles. The molecule has 0 bridgehead atoms. The molecule has 0 aliphatic rings. The van der Waals surface area contributed by atoms with Crippen molar-refractivity contribution >= 4 is 11.0 Å². The Balaban J connectivity index is 1.98. The van der Waals surface area contributed by atoms with Gasteiger partial charge in [-0.15, -0.1) is 6.58 Å². The van der Waals surface area contributed by atoms with Gasteiger partial charge in [0, 0.05) is 5.39 Å². The Morgan fingerprint density at radius 3 is 3.00 bits per heavy atom. The SMILES string of the molecule is C=CCCCCc1ccc2ccoc2c1. The van der Waals surface area contributed by atoms with E-state index >= 15 is 0 Å². The average Bonchev–Trinajstić information content (AvgIpc) is 2.71. The van der Waals surface area contributed by atoms with Crippen LogP contribution in [0.5, 0.6) is 0 Å². The van der Waals surface area contributed by atoms with Crippen LogP contribution in [0, 0.1) is 0 Å². The summed E-state index contributed by atoms with van der Waals surface area (Å²) in [7, 11) is 0. The van der Waals surface area contributed by atoms with Gasteiger partial charge in [-0.25, -0.2) is 0 Å². The molecule has 1 aromatic carbocycles. The van der Waals surface area contributed by atoms with Gasteiger partial charge < -0.3 is 4.42 Å². The maximum Gasteiger partial charge on any atom is 0.134 e. The zero-order valence-electron chi connectivity index (χ0n) is 8.91. The Labute approximate surface area is 90.4 Å². The summed E-state index contributed by atoms with van der Waals surface area (Å²) in [6.07, 6.45) is 8.41. The molecule has 0 aliphatic heterocycles. The smallest absolute Gasteiger partial charge is 0.134 e. The highest BCUT2D eigenvalue weighted by atomic mass is 16.3. The summed E-state index contributed by atoms with van der Waals surface area (Å²) >= 11 is 0. The number of hydrogen-bond acceptors (Lipinski definition) is 1. The minimum atomic E-state index is 0.997. The van der Waals surface area contributed by atoms with Crippen LogP contribution in [0.15, 0.2) is 47.6 Å². The van der Waals surface area contributed by atoms with Crippen LogP contribution in [0.3, 0.4) is 0 Å². The molecule has 1 heteroatoms. The Morgan fingerprint density at radius 1 is 1.20 bits per heavy atom. The second kappa shape index (κ2) is 4.83. The number of allylic oxidation sites excluding steroid dienone is 1. The van der Waals surface area contributed by atoms with E-state index in [4.69, 9.17) is 4.42 Å². The van der Waals surface area contributed by atoms with Crippen LogP contribution >= 0.6 is 0 Å². The third-order valence-electron chi connectivity index (χ3n) is 2.64. The predicted molar refractivity (Wildman–Crippen MR) is 64.0 cm³/mol. The first-order valence-corrected chi connectivity index (χ1v) is 5.47. The van der Waals surface area contributed by atoms with Gasteiger partial charge in [-0.3, -0.25) is 0 Å². The summed E-state index contributed by atoms with van der Waals surface area (Å²) in [4.78, 5) is 0. The van der Waals surface area contributed by atoms with Gasteiger partial charge in [-0.2, -0.15) is 0 Å². The summed E-state index contributed by atoms with van der Waals surface area (Å²) in [6, 6.07) is 8.45. The van der Waals surface area contributed by atoms with Crippen LogP contribution in [-0.4, -0.2) is 0 Å². The summed E-state index contributed by atoms with van der Waals surface area (Å²) in [6.45, 7) is 3.72. The molecule has 0 N–H and O–H groups in total. The van der Waals surface area contributed by atoms with Crippen LogP contribution in [0.2, 0.25) is 0 Å². The molecular weight excluding hydrogens is 184 g/mol. The lowest BCUT2D eigenvalue weighted by molar-refractivity contribution is 0.615. The molecule has 0 atom stereocenters. The number of unbranched alkanes of at least 4 members (excludes halogenated alkanes) is 2. The molecule has 0 saturated heterocycles. The predicted octanol–water partition coefficient (Wildman–Crippen LogP) is 4.33. The Morgan fingerprint density at radius 2 is 2.13 bits per heavy atom. The topological polar surface area (TPSA) is 13.1 Å². The van der Waals surface area contributed by atoms with Gasteiger partial charge in [-0.1, -0.05) is 18.2 Å². The Kier molecular flexibility index (Phi) is 3.23. The van der Waals surface area contributed by atoms with E-state index < -0.39 is 0 Å². The quantitative estimate of drug-likeness (QED) is 0.517. The van der Waals surface area contributed by atoms with Crippen LogP contribution in [0.25, 0.3) is 11.0 Å². The fraction of sp³-hybridized carbons (Fsp3) is 0.286. The first kappa shape index (κ1) is 10.0. The van der Waals surface area contributed by atoms with Crippen molar-refractivity contribution in [3.05, 3.63) is 48.7 Å². The lowest BCUT2D eigenvalue weighted by Crippen LogP contribution is -1.84. The maximum atomic E-state index is 5.37. The largest absolute Gasteiger partial charge is 0.464 e. The van der Waals surface area contributed by atoms with E-state index in [0.717, 1.165) is 18.4 Å². The fourth-order valence-electron chi connectivity index (χ4n) is 1.77. The van der Waals surface area contributed by atoms with Gasteiger partial charge in [0.05, 0.1) is 6.26 Å². The first-order chi connectivity index (χ1) is 7.40. The van der Waals surface area contributed by atoms with E-state index in [9.17, 15) is 0 Å². The number of fused-ring (bicyclic) bond motifs is 1. The zero-order valence-corrected chi connectivity index (χ0v) is 8.91. The number of rotatable bonds is 5. The van der Waals surface area contributed by atoms with Crippen molar-refractivity contribution in [3.8, 4) is 0 Å². The molecule has 2 aromatic rings. The lowest BCUT2D eigenvalue weighted by Gasteiger charge is -2.00. The number of furan rings is 1. The molecule has 2 rings (SSSR count). The van der Waals surface area contributed by atoms with Gasteiger partial charge >= 0.3 is 0 Å². The molecule has 0 spiro atoms. The highest BCUT2D eigenvalue weighted by Gasteiger charge is 1.98. The van der Waals surface area contributed by atoms with Gasteiger partial charge in [0.15, 0.2) is 0 Å². The second-order valence-corrected chi connectivity index (χ2v) is 3.83. The Bertz CT molecular complexity index is 439. The van der Waals surface area contributed by atoms with Crippen molar-refractivity contribution < 1.29 is 4.42 Å². The highest BCUT2D eigenvalue weighted by Crippen LogP contribution is 2.18. The molecule has 1 nitrogen and oxygen atoms in total. The summed E-state index contributed by atoms with van der Waals surface area (Å²) in [5.41, 5.74) is 2.36. The van der Waals surface area contributed by atoms with Crippen molar-refractivity contribution in [1.29, 1.82) is 0 Å². The Hall–Kier alpha value is -1.50. The van der Waals surface area contributed by atoms with Crippen LogP contribution in [0.4, 0.5) is 0 Å². The van der Waals surface area contributed by atoms with Crippen molar-refractivity contribution in [2.24, 2.45) is 0 Å². The van der Waals surface area contributed by atoms with E-state index in [1.165, 1.54) is 23.8 Å². The van der Waals surface area contributed by atoms with E-state index in [1.54, 1.807) is 6.26 Å². The highest BCUT2D eigenvalue weighted by molar-refractivity contribution is 5.77. The molecule has 0 fully saturated rings. The fourth-order valence-corrected chi connectivity index (χ4v) is 1.77. The maximum absolute atomic E-state index is 5.37. The van der Waals surface area contributed by atoms with Crippen LogP contribution in [-0.2, 0) is 6.42 Å². The van der Waals surface area contributed by atoms with Gasteiger partial charge in [-0.05, 0) is 43.4 Å². The van der Waals surface area contributed by atoms with E-state index in [1.807, 2.05) is 12.1 Å². The minimum Gasteiger partial charge on any atom is -0.464 e. The number of benzene rings is 1. The van der Waals surface area contributed by atoms with Crippen LogP contribution < -0.4 is 0 Å². The molecule has 1 heterocycles. The van der Waals surface area contributed by atoms with Crippen molar-refractivity contribution in [2.45, 2.75) is 25.7 Å². The standard InChI is InChI=1S/C14H16O/c1-2-3-4-5-6-12-7-8-13-9-10-15-14(13)11-12/h2,7-11H,1,3-6H2. The molecule has 0 saturated carbocycles. The molecule has 0 unspecified atom stereocenters. The summed E-state index contributed by atoms with van der Waals surface area (Å²) < 4.78 is 5.37. The van der Waals surface area contributed by atoms with E-state index in [0.29, 0.717) is 0 Å². The molecule has 78 valence electrons. The van der Waals surface area contributed by atoms with Gasteiger partial charge in [0.2, 0.25) is 0 Å². The minimum absolute atomic E-state index is 0.997. The first-order valence-electron chi connectivity index (χ1n) is 5.47. The lowest BCUT2D eigenvalue weighted by atomic mass is 10.1. The van der Waals surface area contributed by atoms with Gasteiger partial charge in [0.25, 0.3) is 0 Å². The normalized spacial score (nSPS) is 10.7. The third-order valence-corrected chi connectivity index (χ3v) is 2.64. The summed E-state index contributed by atoms with van der Waals surface area (Å²) in [5.74, 6) is 0. The monoisotopic (exact) mass is 200 g/mol.